The van der Waals surface area contributed by atoms with Crippen LogP contribution in [0.5, 0.6) is 0 Å². The van der Waals surface area contributed by atoms with Crippen LogP contribution in [0, 0.1) is 0 Å². The van der Waals surface area contributed by atoms with Crippen molar-refractivity contribution >= 4 is 17.7 Å². The molecular weight excluding hydrogens is 232 g/mol. The van der Waals surface area contributed by atoms with Crippen LogP contribution in [0.3, 0.4) is 0 Å². The Morgan fingerprint density at radius 2 is 1.72 bits per heavy atom. The van der Waals surface area contributed by atoms with E-state index in [9.17, 15) is 14.4 Å². The van der Waals surface area contributed by atoms with Gasteiger partial charge in [-0.3, -0.25) is 19.3 Å². The second kappa shape index (κ2) is 3.94. The van der Waals surface area contributed by atoms with E-state index < -0.39 is 0 Å². The summed E-state index contributed by atoms with van der Waals surface area (Å²) in [5.74, 6) is -1.05. The first-order valence-electron chi connectivity index (χ1n) is 5.91. The minimum Gasteiger partial charge on any atom is -0.352 e. The molecule has 1 fully saturated rings. The Morgan fingerprint density at radius 3 is 2.22 bits per heavy atom. The van der Waals surface area contributed by atoms with Crippen LogP contribution in [-0.4, -0.2) is 35.2 Å². The van der Waals surface area contributed by atoms with E-state index in [-0.39, 0.29) is 30.3 Å². The topological polar surface area (TPSA) is 66.5 Å². The third kappa shape index (κ3) is 1.77. The van der Waals surface area contributed by atoms with Gasteiger partial charge in [0.1, 0.15) is 6.54 Å². The molecule has 0 aromatic heterocycles. The van der Waals surface area contributed by atoms with E-state index in [4.69, 9.17) is 0 Å². The maximum atomic E-state index is 12.0. The van der Waals surface area contributed by atoms with Gasteiger partial charge in [-0.15, -0.1) is 0 Å². The summed E-state index contributed by atoms with van der Waals surface area (Å²) in [7, 11) is 0. The Morgan fingerprint density at radius 1 is 1.17 bits per heavy atom. The second-order valence-electron chi connectivity index (χ2n) is 4.58. The summed E-state index contributed by atoms with van der Waals surface area (Å²) in [6.45, 7) is -0.192. The molecule has 1 N–H and O–H groups in total. The molecule has 5 nitrogen and oxygen atoms in total. The highest BCUT2D eigenvalue weighted by molar-refractivity contribution is 6.22. The van der Waals surface area contributed by atoms with Crippen molar-refractivity contribution in [1.82, 2.24) is 10.2 Å². The van der Waals surface area contributed by atoms with Gasteiger partial charge in [-0.25, -0.2) is 0 Å². The fourth-order valence-corrected chi connectivity index (χ4v) is 2.03. The van der Waals surface area contributed by atoms with Crippen molar-refractivity contribution < 1.29 is 14.4 Å². The van der Waals surface area contributed by atoms with E-state index in [1.54, 1.807) is 24.3 Å². The number of nitrogens with one attached hydrogen (secondary N) is 1. The first-order valence-corrected chi connectivity index (χ1v) is 5.91. The molecule has 1 aliphatic carbocycles. The zero-order valence-corrected chi connectivity index (χ0v) is 9.68. The van der Waals surface area contributed by atoms with Crippen LogP contribution >= 0.6 is 0 Å². The molecule has 5 heteroatoms. The smallest absolute Gasteiger partial charge is 0.262 e. The van der Waals surface area contributed by atoms with Gasteiger partial charge in [0.15, 0.2) is 0 Å². The molecule has 1 heterocycles. The molecule has 0 unspecified atom stereocenters. The minimum atomic E-state index is -0.387. The van der Waals surface area contributed by atoms with Gasteiger partial charge in [-0.1, -0.05) is 12.1 Å². The number of amides is 3. The molecule has 2 aliphatic rings. The molecule has 0 radical (unpaired) electrons. The maximum Gasteiger partial charge on any atom is 0.262 e. The number of imide groups is 1. The van der Waals surface area contributed by atoms with Crippen molar-refractivity contribution in [3.63, 3.8) is 0 Å². The van der Waals surface area contributed by atoms with Crippen molar-refractivity contribution in [2.45, 2.75) is 18.9 Å². The highest BCUT2D eigenvalue weighted by atomic mass is 16.2. The van der Waals surface area contributed by atoms with E-state index in [1.807, 2.05) is 0 Å². The predicted molar refractivity (Wildman–Crippen MR) is 63.0 cm³/mol. The number of benzene rings is 1. The first kappa shape index (κ1) is 11.0. The number of hydrogen-bond donors (Lipinski definition) is 1. The Balaban J connectivity index is 1.76. The molecule has 0 bridgehead atoms. The molecule has 3 amide bonds. The molecule has 1 aromatic rings. The lowest BCUT2D eigenvalue weighted by molar-refractivity contribution is -0.121. The fraction of sp³-hybridized carbons (Fsp3) is 0.308. The summed E-state index contributed by atoms with van der Waals surface area (Å²) in [6.07, 6.45) is 1.96. The fourth-order valence-electron chi connectivity index (χ4n) is 2.03. The highest BCUT2D eigenvalue weighted by Crippen LogP contribution is 2.22. The van der Waals surface area contributed by atoms with Crippen LogP contribution < -0.4 is 5.32 Å². The van der Waals surface area contributed by atoms with Gasteiger partial charge in [-0.2, -0.15) is 0 Å². The van der Waals surface area contributed by atoms with E-state index >= 15 is 0 Å². The Hall–Kier alpha value is -2.17. The van der Waals surface area contributed by atoms with Gasteiger partial charge in [-0.05, 0) is 25.0 Å². The molecule has 18 heavy (non-hydrogen) atoms. The first-order chi connectivity index (χ1) is 8.66. The van der Waals surface area contributed by atoms with Crippen LogP contribution in [0.4, 0.5) is 0 Å². The molecular formula is C13H12N2O3. The lowest BCUT2D eigenvalue weighted by Gasteiger charge is -2.13. The van der Waals surface area contributed by atoms with Gasteiger partial charge in [0.25, 0.3) is 11.8 Å². The third-order valence-corrected chi connectivity index (χ3v) is 3.12. The SMILES string of the molecule is O=C(CN1C(=O)c2ccccc2C1=O)NC1CC1. The summed E-state index contributed by atoms with van der Waals surface area (Å²) in [4.78, 5) is 36.6. The van der Waals surface area contributed by atoms with Crippen LogP contribution in [0.2, 0.25) is 0 Å². The third-order valence-electron chi connectivity index (χ3n) is 3.12. The van der Waals surface area contributed by atoms with Crippen LogP contribution in [0.15, 0.2) is 24.3 Å². The molecule has 92 valence electrons. The van der Waals surface area contributed by atoms with Crippen molar-refractivity contribution in [1.29, 1.82) is 0 Å². The molecule has 3 rings (SSSR count). The maximum absolute atomic E-state index is 12.0. The molecule has 1 aliphatic heterocycles. The van der Waals surface area contributed by atoms with E-state index in [2.05, 4.69) is 5.32 Å². The quantitative estimate of drug-likeness (QED) is 0.790. The Bertz CT molecular complexity index is 514. The number of fused-ring (bicyclic) bond motifs is 1. The summed E-state index contributed by atoms with van der Waals surface area (Å²) < 4.78 is 0. The van der Waals surface area contributed by atoms with Crippen LogP contribution in [0.25, 0.3) is 0 Å². The van der Waals surface area contributed by atoms with Gasteiger partial charge in [0, 0.05) is 6.04 Å². The normalized spacial score (nSPS) is 17.9. The number of nitrogens with zero attached hydrogens (tertiary/aromatic N) is 1. The van der Waals surface area contributed by atoms with Crippen LogP contribution in [0.1, 0.15) is 33.6 Å². The van der Waals surface area contributed by atoms with Crippen LogP contribution in [-0.2, 0) is 4.79 Å². The second-order valence-corrected chi connectivity index (χ2v) is 4.58. The van der Waals surface area contributed by atoms with Gasteiger partial charge in [0.05, 0.1) is 11.1 Å². The number of carbonyl (C=O) groups is 3. The van der Waals surface area contributed by atoms with Crippen molar-refractivity contribution in [2.24, 2.45) is 0 Å². The minimum absolute atomic E-state index is 0.192. The van der Waals surface area contributed by atoms with Crippen molar-refractivity contribution in [2.75, 3.05) is 6.54 Å². The average Bonchev–Trinajstić information content (AvgIpc) is 3.14. The van der Waals surface area contributed by atoms with E-state index in [0.717, 1.165) is 17.7 Å². The predicted octanol–water partition coefficient (Wildman–Crippen LogP) is 0.561. The van der Waals surface area contributed by atoms with Gasteiger partial charge < -0.3 is 5.32 Å². The van der Waals surface area contributed by atoms with Gasteiger partial charge in [0.2, 0.25) is 5.91 Å². The molecule has 0 saturated heterocycles. The van der Waals surface area contributed by atoms with Crippen molar-refractivity contribution in [3.8, 4) is 0 Å². The van der Waals surface area contributed by atoms with E-state index in [1.165, 1.54) is 0 Å². The number of hydrogen-bond acceptors (Lipinski definition) is 3. The number of carbonyl (C=O) groups excluding carboxylic acids is 3. The summed E-state index contributed by atoms with van der Waals surface area (Å²) in [5.41, 5.74) is 0.753. The standard InChI is InChI=1S/C13H12N2O3/c16-11(14-8-5-6-8)7-15-12(17)9-3-1-2-4-10(9)13(15)18/h1-4,8H,5-7H2,(H,14,16). The average molecular weight is 244 g/mol. The largest absolute Gasteiger partial charge is 0.352 e. The molecule has 0 spiro atoms. The van der Waals surface area contributed by atoms with E-state index in [0.29, 0.717) is 11.1 Å². The molecule has 1 aromatic carbocycles. The highest BCUT2D eigenvalue weighted by Gasteiger charge is 2.36. The summed E-state index contributed by atoms with van der Waals surface area (Å²) in [5, 5.41) is 2.76. The Kier molecular flexibility index (Phi) is 2.40. The van der Waals surface area contributed by atoms with Crippen molar-refractivity contribution in [3.05, 3.63) is 35.4 Å². The van der Waals surface area contributed by atoms with Gasteiger partial charge >= 0.3 is 0 Å². The zero-order chi connectivity index (χ0) is 12.7. The monoisotopic (exact) mass is 244 g/mol. The lowest BCUT2D eigenvalue weighted by Crippen LogP contribution is -2.41. The molecule has 0 atom stereocenters. The lowest BCUT2D eigenvalue weighted by atomic mass is 10.1. The zero-order valence-electron chi connectivity index (χ0n) is 9.68. The Labute approximate surface area is 104 Å². The molecule has 1 saturated carbocycles. The summed E-state index contributed by atoms with van der Waals surface area (Å²) in [6, 6.07) is 6.85. The summed E-state index contributed by atoms with van der Waals surface area (Å²) >= 11 is 0. The number of rotatable bonds is 3.